The summed E-state index contributed by atoms with van der Waals surface area (Å²) in [6.07, 6.45) is 1.64. The summed E-state index contributed by atoms with van der Waals surface area (Å²) < 4.78 is 1.83. The summed E-state index contributed by atoms with van der Waals surface area (Å²) in [6, 6.07) is 6.85. The summed E-state index contributed by atoms with van der Waals surface area (Å²) >= 11 is 0. The van der Waals surface area contributed by atoms with Crippen molar-refractivity contribution >= 4 is 11.6 Å². The number of rotatable bonds is 3. The van der Waals surface area contributed by atoms with Gasteiger partial charge in [-0.2, -0.15) is 0 Å². The Morgan fingerprint density at radius 1 is 1.39 bits per heavy atom. The van der Waals surface area contributed by atoms with Crippen molar-refractivity contribution in [3.63, 3.8) is 0 Å². The molecule has 1 aromatic carbocycles. The largest absolute Gasteiger partial charge is 0.325 e. The van der Waals surface area contributed by atoms with E-state index in [0.717, 1.165) is 11.4 Å². The van der Waals surface area contributed by atoms with Crippen LogP contribution in [0.2, 0.25) is 0 Å². The van der Waals surface area contributed by atoms with Crippen molar-refractivity contribution in [3.05, 3.63) is 30.6 Å². The molecular formula is C12H15N5O. The molecule has 18 heavy (non-hydrogen) atoms. The normalized spacial score (nSPS) is 12.2. The van der Waals surface area contributed by atoms with Gasteiger partial charge in [-0.15, -0.1) is 10.2 Å². The summed E-state index contributed by atoms with van der Waals surface area (Å²) in [5.41, 5.74) is 7.13. The van der Waals surface area contributed by atoms with Crippen molar-refractivity contribution in [1.29, 1.82) is 0 Å². The Bertz CT molecular complexity index is 544. The minimum Gasteiger partial charge on any atom is -0.325 e. The van der Waals surface area contributed by atoms with E-state index in [2.05, 4.69) is 15.5 Å². The molecule has 0 aliphatic heterocycles. The number of nitrogens with zero attached hydrogens (tertiary/aromatic N) is 3. The van der Waals surface area contributed by atoms with Gasteiger partial charge in [0.15, 0.2) is 5.82 Å². The van der Waals surface area contributed by atoms with E-state index in [4.69, 9.17) is 5.73 Å². The number of carbonyl (C=O) groups is 1. The Hall–Kier alpha value is -2.21. The fraction of sp³-hybridized carbons (Fsp3) is 0.250. The molecule has 0 bridgehead atoms. The van der Waals surface area contributed by atoms with Crippen LogP contribution in [-0.4, -0.2) is 26.7 Å². The highest BCUT2D eigenvalue weighted by Crippen LogP contribution is 2.18. The zero-order chi connectivity index (χ0) is 13.1. The first-order valence-corrected chi connectivity index (χ1v) is 5.59. The predicted molar refractivity (Wildman–Crippen MR) is 68.7 cm³/mol. The van der Waals surface area contributed by atoms with Crippen LogP contribution in [0, 0.1) is 0 Å². The maximum atomic E-state index is 11.4. The van der Waals surface area contributed by atoms with E-state index in [1.54, 1.807) is 13.3 Å². The number of anilines is 1. The van der Waals surface area contributed by atoms with Gasteiger partial charge in [0.1, 0.15) is 6.33 Å². The lowest BCUT2D eigenvalue weighted by Crippen LogP contribution is -2.32. The summed E-state index contributed by atoms with van der Waals surface area (Å²) in [5.74, 6) is 0.571. The first-order chi connectivity index (χ1) is 8.58. The van der Waals surface area contributed by atoms with E-state index in [1.165, 1.54) is 0 Å². The maximum absolute atomic E-state index is 11.4. The van der Waals surface area contributed by atoms with Gasteiger partial charge in [-0.25, -0.2) is 0 Å². The van der Waals surface area contributed by atoms with Crippen LogP contribution in [0.4, 0.5) is 5.69 Å². The zero-order valence-electron chi connectivity index (χ0n) is 10.3. The van der Waals surface area contributed by atoms with Gasteiger partial charge in [-0.1, -0.05) is 0 Å². The second-order valence-electron chi connectivity index (χ2n) is 4.12. The van der Waals surface area contributed by atoms with Gasteiger partial charge in [-0.3, -0.25) is 4.79 Å². The third kappa shape index (κ3) is 2.54. The Morgan fingerprint density at radius 2 is 2.06 bits per heavy atom. The smallest absolute Gasteiger partial charge is 0.240 e. The molecule has 1 aromatic heterocycles. The first-order valence-electron chi connectivity index (χ1n) is 5.59. The first kappa shape index (κ1) is 12.3. The number of aryl methyl sites for hydroxylation is 1. The topological polar surface area (TPSA) is 85.8 Å². The lowest BCUT2D eigenvalue weighted by atomic mass is 10.2. The zero-order valence-corrected chi connectivity index (χ0v) is 10.3. The van der Waals surface area contributed by atoms with Crippen molar-refractivity contribution in [2.45, 2.75) is 13.0 Å². The van der Waals surface area contributed by atoms with Crippen LogP contribution in [0.15, 0.2) is 30.6 Å². The van der Waals surface area contributed by atoms with Crippen LogP contribution in [0.25, 0.3) is 11.4 Å². The van der Waals surface area contributed by atoms with E-state index in [9.17, 15) is 4.79 Å². The number of hydrogen-bond donors (Lipinski definition) is 2. The van der Waals surface area contributed by atoms with Gasteiger partial charge in [0.2, 0.25) is 5.91 Å². The third-order valence-electron chi connectivity index (χ3n) is 2.54. The molecular weight excluding hydrogens is 230 g/mol. The number of carbonyl (C=O) groups excluding carboxylic acids is 1. The number of nitrogens with two attached hydrogens (primary N) is 1. The Morgan fingerprint density at radius 3 is 2.56 bits per heavy atom. The second kappa shape index (κ2) is 4.97. The molecule has 1 atom stereocenters. The highest BCUT2D eigenvalue weighted by Gasteiger charge is 2.08. The molecule has 2 aromatic rings. The molecule has 6 nitrogen and oxygen atoms in total. The second-order valence-corrected chi connectivity index (χ2v) is 4.12. The van der Waals surface area contributed by atoms with Gasteiger partial charge >= 0.3 is 0 Å². The van der Waals surface area contributed by atoms with E-state index in [0.29, 0.717) is 5.69 Å². The minimum absolute atomic E-state index is 0.207. The number of hydrogen-bond acceptors (Lipinski definition) is 4. The molecule has 0 aliphatic carbocycles. The number of aromatic nitrogens is 3. The predicted octanol–water partition coefficient (Wildman–Crippen LogP) is 0.768. The molecule has 0 aliphatic rings. The standard InChI is InChI=1S/C12H15N5O/c1-8(13)12(18)15-10-5-3-9(4-6-10)11-16-14-7-17(11)2/h3-8H,13H2,1-2H3,(H,15,18). The molecule has 0 radical (unpaired) electrons. The van der Waals surface area contributed by atoms with Gasteiger partial charge in [0, 0.05) is 18.3 Å². The molecule has 0 saturated carbocycles. The van der Waals surface area contributed by atoms with Gasteiger partial charge in [0.05, 0.1) is 6.04 Å². The van der Waals surface area contributed by atoms with Crippen molar-refractivity contribution in [2.75, 3.05) is 5.32 Å². The van der Waals surface area contributed by atoms with Crippen LogP contribution in [0.3, 0.4) is 0 Å². The van der Waals surface area contributed by atoms with Gasteiger partial charge < -0.3 is 15.6 Å². The van der Waals surface area contributed by atoms with Gasteiger partial charge in [-0.05, 0) is 31.2 Å². The van der Waals surface area contributed by atoms with Crippen molar-refractivity contribution in [2.24, 2.45) is 12.8 Å². The highest BCUT2D eigenvalue weighted by molar-refractivity contribution is 5.94. The monoisotopic (exact) mass is 245 g/mol. The maximum Gasteiger partial charge on any atom is 0.240 e. The highest BCUT2D eigenvalue weighted by atomic mass is 16.2. The van der Waals surface area contributed by atoms with Crippen LogP contribution in [-0.2, 0) is 11.8 Å². The van der Waals surface area contributed by atoms with Crippen LogP contribution >= 0.6 is 0 Å². The summed E-state index contributed by atoms with van der Waals surface area (Å²) in [4.78, 5) is 11.4. The summed E-state index contributed by atoms with van der Waals surface area (Å²) in [7, 11) is 1.88. The molecule has 0 saturated heterocycles. The van der Waals surface area contributed by atoms with Crippen LogP contribution in [0.5, 0.6) is 0 Å². The molecule has 3 N–H and O–H groups in total. The Balaban J connectivity index is 2.16. The number of benzene rings is 1. The Labute approximate surface area is 105 Å². The van der Waals surface area contributed by atoms with Gasteiger partial charge in [0.25, 0.3) is 0 Å². The van der Waals surface area contributed by atoms with E-state index >= 15 is 0 Å². The molecule has 2 rings (SSSR count). The minimum atomic E-state index is -0.525. The molecule has 94 valence electrons. The van der Waals surface area contributed by atoms with E-state index < -0.39 is 6.04 Å². The van der Waals surface area contributed by atoms with Crippen molar-refractivity contribution < 1.29 is 4.79 Å². The molecule has 0 fully saturated rings. The lowest BCUT2D eigenvalue weighted by Gasteiger charge is -2.08. The fourth-order valence-electron chi connectivity index (χ4n) is 1.50. The van der Waals surface area contributed by atoms with Crippen LogP contribution < -0.4 is 11.1 Å². The average molecular weight is 245 g/mol. The van der Waals surface area contributed by atoms with Crippen LogP contribution in [0.1, 0.15) is 6.92 Å². The average Bonchev–Trinajstić information content (AvgIpc) is 2.76. The van der Waals surface area contributed by atoms with E-state index in [-0.39, 0.29) is 5.91 Å². The third-order valence-corrected chi connectivity index (χ3v) is 2.54. The molecule has 1 amide bonds. The van der Waals surface area contributed by atoms with Crippen molar-refractivity contribution in [1.82, 2.24) is 14.8 Å². The Kier molecular flexibility index (Phi) is 3.38. The summed E-state index contributed by atoms with van der Waals surface area (Å²) in [6.45, 7) is 1.64. The molecule has 6 heteroatoms. The lowest BCUT2D eigenvalue weighted by molar-refractivity contribution is -0.117. The molecule has 0 spiro atoms. The van der Waals surface area contributed by atoms with Crippen molar-refractivity contribution in [3.8, 4) is 11.4 Å². The molecule has 1 heterocycles. The fourth-order valence-corrected chi connectivity index (χ4v) is 1.50. The molecule has 1 unspecified atom stereocenters. The number of nitrogens with one attached hydrogen (secondary N) is 1. The number of amides is 1. The SMILES string of the molecule is CC(N)C(=O)Nc1ccc(-c2nncn2C)cc1. The quantitative estimate of drug-likeness (QED) is 0.836. The van der Waals surface area contributed by atoms with E-state index in [1.807, 2.05) is 35.9 Å². The summed E-state index contributed by atoms with van der Waals surface area (Å²) in [5, 5.41) is 10.6.